The van der Waals surface area contributed by atoms with Gasteiger partial charge in [-0.2, -0.15) is 0 Å². The first-order valence-electron chi connectivity index (χ1n) is 6.02. The van der Waals surface area contributed by atoms with E-state index in [0.29, 0.717) is 29.3 Å². The third-order valence-electron chi connectivity index (χ3n) is 2.59. The molecule has 2 heterocycles. The Bertz CT molecular complexity index is 573. The normalized spacial score (nSPS) is 10.5. The van der Waals surface area contributed by atoms with E-state index in [9.17, 15) is 4.79 Å². The second-order valence-corrected chi connectivity index (χ2v) is 4.16. The van der Waals surface area contributed by atoms with Crippen LogP contribution in [0.5, 0.6) is 0 Å². The van der Waals surface area contributed by atoms with Gasteiger partial charge in [-0.15, -0.1) is 0 Å². The zero-order valence-electron chi connectivity index (χ0n) is 11.1. The molecule has 0 unspecified atom stereocenters. The molecule has 0 saturated carbocycles. The van der Waals surface area contributed by atoms with Gasteiger partial charge in [0.25, 0.3) is 0 Å². The number of rotatable bonds is 4. The average Bonchev–Trinajstić information content (AvgIpc) is 2.95. The van der Waals surface area contributed by atoms with E-state index in [4.69, 9.17) is 9.05 Å². The van der Waals surface area contributed by atoms with Gasteiger partial charge in [0.2, 0.25) is 0 Å². The first-order valence-corrected chi connectivity index (χ1v) is 6.02. The van der Waals surface area contributed by atoms with E-state index < -0.39 is 0 Å². The Kier molecular flexibility index (Phi) is 3.84. The molecule has 0 aromatic carbocycles. The van der Waals surface area contributed by atoms with Crippen LogP contribution in [0.4, 0.5) is 10.5 Å². The van der Waals surface area contributed by atoms with Gasteiger partial charge in [0.15, 0.2) is 11.5 Å². The van der Waals surface area contributed by atoms with Crippen LogP contribution in [0.15, 0.2) is 15.1 Å². The van der Waals surface area contributed by atoms with Crippen LogP contribution < -0.4 is 10.6 Å². The van der Waals surface area contributed by atoms with Gasteiger partial charge in [-0.25, -0.2) is 4.79 Å². The van der Waals surface area contributed by atoms with Gasteiger partial charge in [-0.1, -0.05) is 17.2 Å². The SMILES string of the molecule is CCc1onc(C)c1NC(=O)NCc1cc(C)no1. The molecule has 2 N–H and O–H groups in total. The summed E-state index contributed by atoms with van der Waals surface area (Å²) in [5.41, 5.74) is 2.05. The minimum Gasteiger partial charge on any atom is -0.359 e. The number of nitrogens with one attached hydrogen (secondary N) is 2. The van der Waals surface area contributed by atoms with E-state index >= 15 is 0 Å². The van der Waals surface area contributed by atoms with Crippen molar-refractivity contribution in [3.63, 3.8) is 0 Å². The Labute approximate surface area is 110 Å². The quantitative estimate of drug-likeness (QED) is 0.882. The standard InChI is InChI=1S/C12H16N4O3/c1-4-10-11(8(3)16-19-10)14-12(17)13-6-9-5-7(2)15-18-9/h5H,4,6H2,1-3H3,(H2,13,14,17). The first-order chi connectivity index (χ1) is 9.10. The lowest BCUT2D eigenvalue weighted by Crippen LogP contribution is -2.28. The van der Waals surface area contributed by atoms with Crippen molar-refractivity contribution in [2.45, 2.75) is 33.7 Å². The monoisotopic (exact) mass is 264 g/mol. The fourth-order valence-corrected chi connectivity index (χ4v) is 1.64. The lowest BCUT2D eigenvalue weighted by atomic mass is 10.2. The van der Waals surface area contributed by atoms with Crippen molar-refractivity contribution in [1.29, 1.82) is 0 Å². The van der Waals surface area contributed by atoms with Gasteiger partial charge < -0.3 is 19.7 Å². The van der Waals surface area contributed by atoms with Crippen molar-refractivity contribution in [2.24, 2.45) is 0 Å². The number of urea groups is 1. The number of anilines is 1. The highest BCUT2D eigenvalue weighted by Crippen LogP contribution is 2.20. The Morgan fingerprint density at radius 1 is 1.32 bits per heavy atom. The molecule has 0 atom stereocenters. The summed E-state index contributed by atoms with van der Waals surface area (Å²) >= 11 is 0. The number of carbonyl (C=O) groups excluding carboxylic acids is 1. The lowest BCUT2D eigenvalue weighted by Gasteiger charge is -2.05. The van der Waals surface area contributed by atoms with Crippen molar-refractivity contribution >= 4 is 11.7 Å². The molecule has 102 valence electrons. The van der Waals surface area contributed by atoms with Gasteiger partial charge >= 0.3 is 6.03 Å². The maximum absolute atomic E-state index is 11.8. The van der Waals surface area contributed by atoms with Crippen molar-refractivity contribution in [1.82, 2.24) is 15.6 Å². The molecule has 0 saturated heterocycles. The van der Waals surface area contributed by atoms with Crippen LogP contribution in [-0.4, -0.2) is 16.3 Å². The molecule has 2 rings (SSSR count). The fraction of sp³-hybridized carbons (Fsp3) is 0.417. The molecule has 7 nitrogen and oxygen atoms in total. The highest BCUT2D eigenvalue weighted by Gasteiger charge is 2.14. The fourth-order valence-electron chi connectivity index (χ4n) is 1.64. The molecule has 0 aliphatic rings. The van der Waals surface area contributed by atoms with Crippen LogP contribution >= 0.6 is 0 Å². The van der Waals surface area contributed by atoms with Crippen molar-refractivity contribution < 1.29 is 13.8 Å². The number of nitrogens with zero attached hydrogens (tertiary/aromatic N) is 2. The van der Waals surface area contributed by atoms with Crippen LogP contribution in [0.2, 0.25) is 0 Å². The van der Waals surface area contributed by atoms with Crippen molar-refractivity contribution in [3.8, 4) is 0 Å². The van der Waals surface area contributed by atoms with Crippen LogP contribution in [0, 0.1) is 13.8 Å². The summed E-state index contributed by atoms with van der Waals surface area (Å²) in [4.78, 5) is 11.8. The molecule has 7 heteroatoms. The highest BCUT2D eigenvalue weighted by molar-refractivity contribution is 5.90. The zero-order valence-corrected chi connectivity index (χ0v) is 11.1. The Morgan fingerprint density at radius 2 is 2.11 bits per heavy atom. The van der Waals surface area contributed by atoms with Crippen molar-refractivity contribution in [2.75, 3.05) is 5.32 Å². The maximum Gasteiger partial charge on any atom is 0.319 e. The Hall–Kier alpha value is -2.31. The topological polar surface area (TPSA) is 93.2 Å². The molecule has 0 spiro atoms. The number of aromatic nitrogens is 2. The minimum absolute atomic E-state index is 0.276. The molecule has 0 radical (unpaired) electrons. The highest BCUT2D eigenvalue weighted by atomic mass is 16.5. The van der Waals surface area contributed by atoms with Gasteiger partial charge in [-0.3, -0.25) is 0 Å². The number of amides is 2. The summed E-state index contributed by atoms with van der Waals surface area (Å²) in [6.07, 6.45) is 0.664. The Balaban J connectivity index is 1.92. The van der Waals surface area contributed by atoms with Gasteiger partial charge in [0.05, 0.1) is 12.2 Å². The van der Waals surface area contributed by atoms with Crippen molar-refractivity contribution in [3.05, 3.63) is 29.0 Å². The predicted octanol–water partition coefficient (Wildman–Crippen LogP) is 2.16. The van der Waals surface area contributed by atoms with Crippen LogP contribution in [-0.2, 0) is 13.0 Å². The molecular weight excluding hydrogens is 248 g/mol. The van der Waals surface area contributed by atoms with Crippen LogP contribution in [0.3, 0.4) is 0 Å². The number of aryl methyl sites for hydroxylation is 3. The zero-order chi connectivity index (χ0) is 13.8. The molecule has 2 amide bonds. The number of carbonyl (C=O) groups is 1. The third-order valence-corrected chi connectivity index (χ3v) is 2.59. The van der Waals surface area contributed by atoms with E-state index in [0.717, 1.165) is 5.69 Å². The summed E-state index contributed by atoms with van der Waals surface area (Å²) in [5, 5.41) is 13.0. The number of hydrogen-bond donors (Lipinski definition) is 2. The van der Waals surface area contributed by atoms with Gasteiger partial charge in [0, 0.05) is 12.5 Å². The molecule has 0 aliphatic heterocycles. The predicted molar refractivity (Wildman–Crippen MR) is 67.7 cm³/mol. The van der Waals surface area contributed by atoms with Gasteiger partial charge in [0.1, 0.15) is 11.4 Å². The Morgan fingerprint density at radius 3 is 2.74 bits per heavy atom. The maximum atomic E-state index is 11.8. The summed E-state index contributed by atoms with van der Waals surface area (Å²) in [5.74, 6) is 1.26. The largest absolute Gasteiger partial charge is 0.359 e. The van der Waals surface area contributed by atoms with E-state index in [1.54, 1.807) is 13.0 Å². The number of hydrogen-bond acceptors (Lipinski definition) is 5. The lowest BCUT2D eigenvalue weighted by molar-refractivity contribution is 0.250. The molecule has 19 heavy (non-hydrogen) atoms. The summed E-state index contributed by atoms with van der Waals surface area (Å²) < 4.78 is 10.1. The summed E-state index contributed by atoms with van der Waals surface area (Å²) in [7, 11) is 0. The smallest absolute Gasteiger partial charge is 0.319 e. The third kappa shape index (κ3) is 3.12. The second kappa shape index (κ2) is 5.55. The summed E-state index contributed by atoms with van der Waals surface area (Å²) in [6, 6.07) is 1.43. The van der Waals surface area contributed by atoms with Gasteiger partial charge in [-0.05, 0) is 13.8 Å². The van der Waals surface area contributed by atoms with E-state index in [1.807, 2.05) is 13.8 Å². The van der Waals surface area contributed by atoms with E-state index in [-0.39, 0.29) is 12.6 Å². The molecule has 2 aromatic rings. The van der Waals surface area contributed by atoms with Crippen LogP contribution in [0.25, 0.3) is 0 Å². The second-order valence-electron chi connectivity index (χ2n) is 4.16. The molecule has 0 bridgehead atoms. The molecule has 2 aromatic heterocycles. The van der Waals surface area contributed by atoms with Crippen LogP contribution in [0.1, 0.15) is 29.8 Å². The average molecular weight is 264 g/mol. The molecular formula is C12H16N4O3. The molecule has 0 aliphatic carbocycles. The first kappa shape index (κ1) is 13.1. The minimum atomic E-state index is -0.338. The van der Waals surface area contributed by atoms with E-state index in [1.165, 1.54) is 0 Å². The molecule has 0 fully saturated rings. The van der Waals surface area contributed by atoms with E-state index in [2.05, 4.69) is 20.9 Å². The summed E-state index contributed by atoms with van der Waals surface area (Å²) in [6.45, 7) is 5.80.